The smallest absolute Gasteiger partial charge is 0.383 e. The predicted molar refractivity (Wildman–Crippen MR) is 131 cm³/mol. The third-order valence-corrected chi connectivity index (χ3v) is 6.41. The Morgan fingerprint density at radius 1 is 1.08 bits per heavy atom. The van der Waals surface area contributed by atoms with Gasteiger partial charge in [0.25, 0.3) is 0 Å². The molecule has 1 unspecified atom stereocenters. The van der Waals surface area contributed by atoms with Gasteiger partial charge in [-0.25, -0.2) is 9.98 Å². The summed E-state index contributed by atoms with van der Waals surface area (Å²) in [6.45, 7) is 3.32. The standard InChI is InChI=1S/C23H29F6N5OS/c1-5-7-21(35,6-2)19-31-12-18(36-19)10-15-8-16(32-13-22(24,25)26)11-17(9-15)34-20(30-4)33-14(3)23(27,28)29/h8-9,11-12,32,35H,5-7,10,13H2,1-4H3,(H,30,34)/b33-14+. The van der Waals surface area contributed by atoms with Gasteiger partial charge in [0.05, 0.1) is 0 Å². The van der Waals surface area contributed by atoms with Gasteiger partial charge in [-0.2, -0.15) is 26.3 Å². The number of halogens is 6. The highest BCUT2D eigenvalue weighted by Crippen LogP contribution is 2.34. The van der Waals surface area contributed by atoms with Crippen molar-refractivity contribution in [3.63, 3.8) is 0 Å². The Kier molecular flexibility index (Phi) is 9.89. The van der Waals surface area contributed by atoms with Crippen LogP contribution >= 0.6 is 11.3 Å². The van der Waals surface area contributed by atoms with Crippen LogP contribution in [-0.2, 0) is 12.0 Å². The highest BCUT2D eigenvalue weighted by atomic mass is 32.1. The maximum absolute atomic E-state index is 12.9. The summed E-state index contributed by atoms with van der Waals surface area (Å²) in [6.07, 6.45) is -5.45. The van der Waals surface area contributed by atoms with Crippen LogP contribution in [0.2, 0.25) is 0 Å². The molecule has 13 heteroatoms. The number of nitrogens with zero attached hydrogens (tertiary/aromatic N) is 3. The Hall–Kier alpha value is -2.67. The molecule has 6 nitrogen and oxygen atoms in total. The van der Waals surface area contributed by atoms with Gasteiger partial charge in [-0.15, -0.1) is 11.3 Å². The summed E-state index contributed by atoms with van der Waals surface area (Å²) >= 11 is 1.31. The summed E-state index contributed by atoms with van der Waals surface area (Å²) in [5.41, 5.74) is -1.30. The second-order valence-corrected chi connectivity index (χ2v) is 9.31. The van der Waals surface area contributed by atoms with E-state index in [-0.39, 0.29) is 23.8 Å². The lowest BCUT2D eigenvalue weighted by molar-refractivity contribution is -0.115. The molecular weight excluding hydrogens is 508 g/mol. The Morgan fingerprint density at radius 2 is 1.75 bits per heavy atom. The molecule has 0 saturated carbocycles. The van der Waals surface area contributed by atoms with Crippen molar-refractivity contribution in [2.45, 2.75) is 64.4 Å². The lowest BCUT2D eigenvalue weighted by atomic mass is 9.96. The van der Waals surface area contributed by atoms with Gasteiger partial charge >= 0.3 is 12.4 Å². The van der Waals surface area contributed by atoms with E-state index in [9.17, 15) is 31.4 Å². The van der Waals surface area contributed by atoms with Gasteiger partial charge in [-0.1, -0.05) is 20.3 Å². The molecule has 36 heavy (non-hydrogen) atoms. The first-order valence-corrected chi connectivity index (χ1v) is 12.0. The molecule has 200 valence electrons. The zero-order valence-electron chi connectivity index (χ0n) is 20.3. The minimum atomic E-state index is -4.65. The van der Waals surface area contributed by atoms with E-state index in [1.807, 2.05) is 13.8 Å². The number of aliphatic imine (C=N–C) groups is 2. The number of nitrogens with one attached hydrogen (secondary N) is 2. The Labute approximate surface area is 209 Å². The molecule has 0 fully saturated rings. The predicted octanol–water partition coefficient (Wildman–Crippen LogP) is 6.53. The van der Waals surface area contributed by atoms with Crippen LogP contribution in [0.15, 0.2) is 34.4 Å². The van der Waals surface area contributed by atoms with Crippen molar-refractivity contribution < 1.29 is 31.4 Å². The number of guanidine groups is 1. The van der Waals surface area contributed by atoms with Gasteiger partial charge in [-0.3, -0.25) is 4.99 Å². The van der Waals surface area contributed by atoms with Crippen LogP contribution in [-0.4, -0.2) is 47.7 Å². The summed E-state index contributed by atoms with van der Waals surface area (Å²) in [5.74, 6) is -0.351. The third kappa shape index (κ3) is 8.77. The second-order valence-electron chi connectivity index (χ2n) is 8.20. The number of anilines is 2. The summed E-state index contributed by atoms with van der Waals surface area (Å²) in [4.78, 5) is 12.3. The van der Waals surface area contributed by atoms with Crippen LogP contribution in [0.1, 0.15) is 55.5 Å². The van der Waals surface area contributed by atoms with E-state index in [1.165, 1.54) is 30.5 Å². The van der Waals surface area contributed by atoms with Crippen LogP contribution in [0.5, 0.6) is 0 Å². The molecule has 2 aromatic rings. The van der Waals surface area contributed by atoms with Crippen molar-refractivity contribution in [3.05, 3.63) is 39.8 Å². The molecule has 0 radical (unpaired) electrons. The number of aromatic nitrogens is 1. The average molecular weight is 538 g/mol. The summed E-state index contributed by atoms with van der Waals surface area (Å²) in [7, 11) is 1.24. The van der Waals surface area contributed by atoms with E-state index < -0.39 is 30.2 Å². The SMILES string of the molecule is CCCC(O)(CC)c1ncc(Cc2cc(NCC(F)(F)F)cc(NC(=NC)/N=C(\C)C(F)(F)F)c2)s1. The minimum absolute atomic E-state index is 0.111. The molecular formula is C23H29F6N5OS. The van der Waals surface area contributed by atoms with Gasteiger partial charge in [0.2, 0.25) is 5.96 Å². The monoisotopic (exact) mass is 537 g/mol. The van der Waals surface area contributed by atoms with Crippen LogP contribution < -0.4 is 10.6 Å². The van der Waals surface area contributed by atoms with Crippen molar-refractivity contribution >= 4 is 34.4 Å². The van der Waals surface area contributed by atoms with Crippen molar-refractivity contribution in [2.24, 2.45) is 9.98 Å². The fourth-order valence-electron chi connectivity index (χ4n) is 3.31. The summed E-state index contributed by atoms with van der Waals surface area (Å²) in [6, 6.07) is 4.43. The summed E-state index contributed by atoms with van der Waals surface area (Å²) < 4.78 is 76.9. The zero-order valence-corrected chi connectivity index (χ0v) is 21.1. The molecule has 0 bridgehead atoms. The minimum Gasteiger partial charge on any atom is -0.383 e. The van der Waals surface area contributed by atoms with E-state index in [4.69, 9.17) is 0 Å². The lowest BCUT2D eigenvalue weighted by Crippen LogP contribution is -2.23. The quantitative estimate of drug-likeness (QED) is 0.193. The van der Waals surface area contributed by atoms with Crippen molar-refractivity contribution in [1.29, 1.82) is 0 Å². The fraction of sp³-hybridized carbons (Fsp3) is 0.522. The fourth-order valence-corrected chi connectivity index (χ4v) is 4.44. The van der Waals surface area contributed by atoms with Crippen LogP contribution in [0, 0.1) is 0 Å². The van der Waals surface area contributed by atoms with Crippen LogP contribution in [0.4, 0.5) is 37.7 Å². The van der Waals surface area contributed by atoms with E-state index in [2.05, 4.69) is 25.6 Å². The van der Waals surface area contributed by atoms with Crippen LogP contribution in [0.25, 0.3) is 0 Å². The van der Waals surface area contributed by atoms with Crippen molar-refractivity contribution in [3.8, 4) is 0 Å². The number of benzene rings is 1. The number of aliphatic hydroxyl groups is 1. The Bertz CT molecular complexity index is 1080. The molecule has 2 rings (SSSR count). The molecule has 1 aromatic heterocycles. The highest BCUT2D eigenvalue weighted by molar-refractivity contribution is 7.11. The molecule has 1 aromatic carbocycles. The number of rotatable bonds is 9. The first-order valence-electron chi connectivity index (χ1n) is 11.2. The molecule has 1 heterocycles. The number of hydrogen-bond donors (Lipinski definition) is 3. The largest absolute Gasteiger partial charge is 0.429 e. The number of alkyl halides is 6. The topological polar surface area (TPSA) is 81.9 Å². The molecule has 0 saturated heterocycles. The van der Waals surface area contributed by atoms with Crippen LogP contribution in [0.3, 0.4) is 0 Å². The molecule has 3 N–H and O–H groups in total. The van der Waals surface area contributed by atoms with Crippen molar-refractivity contribution in [2.75, 3.05) is 24.2 Å². The van der Waals surface area contributed by atoms with E-state index in [1.54, 1.807) is 12.3 Å². The van der Waals surface area contributed by atoms with Gasteiger partial charge in [0.1, 0.15) is 22.9 Å². The molecule has 0 aliphatic rings. The zero-order chi connectivity index (χ0) is 27.1. The molecule has 0 aliphatic heterocycles. The molecule has 0 aliphatic carbocycles. The molecule has 0 amide bonds. The number of thiazole rings is 1. The normalized spacial score (nSPS) is 15.1. The Morgan fingerprint density at radius 3 is 2.31 bits per heavy atom. The maximum Gasteiger partial charge on any atom is 0.429 e. The second kappa shape index (κ2) is 12.0. The lowest BCUT2D eigenvalue weighted by Gasteiger charge is -2.23. The number of hydrogen-bond acceptors (Lipinski definition) is 5. The highest BCUT2D eigenvalue weighted by Gasteiger charge is 2.32. The van der Waals surface area contributed by atoms with Gasteiger partial charge < -0.3 is 15.7 Å². The third-order valence-electron chi connectivity index (χ3n) is 5.22. The first-order chi connectivity index (χ1) is 16.7. The average Bonchev–Trinajstić information content (AvgIpc) is 3.25. The van der Waals surface area contributed by atoms with E-state index in [0.29, 0.717) is 23.4 Å². The van der Waals surface area contributed by atoms with E-state index >= 15 is 0 Å². The Balaban J connectivity index is 2.37. The van der Waals surface area contributed by atoms with Crippen molar-refractivity contribution in [1.82, 2.24) is 4.98 Å². The first kappa shape index (κ1) is 29.6. The summed E-state index contributed by atoms with van der Waals surface area (Å²) in [5, 5.41) is 16.4. The van der Waals surface area contributed by atoms with Gasteiger partial charge in [-0.05, 0) is 43.5 Å². The van der Waals surface area contributed by atoms with Gasteiger partial charge in [0, 0.05) is 35.9 Å². The van der Waals surface area contributed by atoms with Gasteiger partial charge in [0.15, 0.2) is 0 Å². The molecule has 0 spiro atoms. The maximum atomic E-state index is 12.9. The molecule has 1 atom stereocenters. The van der Waals surface area contributed by atoms with E-state index in [0.717, 1.165) is 18.2 Å².